The lowest BCUT2D eigenvalue weighted by atomic mass is 10.1. The summed E-state index contributed by atoms with van der Waals surface area (Å²) < 4.78 is 0. The van der Waals surface area contributed by atoms with Gasteiger partial charge >= 0.3 is 0 Å². The first kappa shape index (κ1) is 16.5. The van der Waals surface area contributed by atoms with Crippen LogP contribution in [-0.2, 0) is 0 Å². The number of amides is 1. The molecule has 0 aliphatic rings. The van der Waals surface area contributed by atoms with Gasteiger partial charge in [-0.25, -0.2) is 0 Å². The second-order valence-electron chi connectivity index (χ2n) is 5.06. The molecule has 0 aromatic heterocycles. The molecule has 0 heterocycles. The summed E-state index contributed by atoms with van der Waals surface area (Å²) in [5, 5.41) is 2.96. The number of nitrogens with one attached hydrogen (secondary N) is 1. The number of nitrogen functional groups attached to an aromatic ring is 1. The first-order valence-electron chi connectivity index (χ1n) is 7.45. The number of carbonyl (C=O) groups excluding carboxylic acids is 1. The Morgan fingerprint density at radius 3 is 2.55 bits per heavy atom. The molecule has 0 bridgehead atoms. The van der Waals surface area contributed by atoms with E-state index >= 15 is 0 Å². The average molecular weight is 277 g/mol. The summed E-state index contributed by atoms with van der Waals surface area (Å²) in [6.45, 7) is 10.3. The van der Waals surface area contributed by atoms with E-state index in [1.807, 2.05) is 13.0 Å². The number of aryl methyl sites for hydroxylation is 1. The molecule has 3 N–H and O–H groups in total. The van der Waals surface area contributed by atoms with E-state index in [9.17, 15) is 4.79 Å². The number of nitrogens with two attached hydrogens (primary N) is 1. The summed E-state index contributed by atoms with van der Waals surface area (Å²) in [6.07, 6.45) is 2.12. The second kappa shape index (κ2) is 8.59. The number of rotatable bonds is 8. The fourth-order valence-corrected chi connectivity index (χ4v) is 2.12. The number of unbranched alkanes of at least 4 members (excludes halogenated alkanes) is 1. The predicted molar refractivity (Wildman–Crippen MR) is 84.9 cm³/mol. The van der Waals surface area contributed by atoms with Gasteiger partial charge in [-0.05, 0) is 63.2 Å². The van der Waals surface area contributed by atoms with Gasteiger partial charge in [-0.1, -0.05) is 13.8 Å². The molecule has 0 unspecified atom stereocenters. The standard InChI is InChI=1S/C16H27N3O/c1-4-19(5-2)11-7-6-10-18-16(20)14-8-9-15(17)13(3)12-14/h8-9,12H,4-7,10-11,17H2,1-3H3,(H,18,20). The zero-order chi connectivity index (χ0) is 15.0. The van der Waals surface area contributed by atoms with Crippen LogP contribution in [0.15, 0.2) is 18.2 Å². The van der Waals surface area contributed by atoms with Crippen molar-refractivity contribution in [3.8, 4) is 0 Å². The minimum absolute atomic E-state index is 0.0176. The SMILES string of the molecule is CCN(CC)CCCCNC(=O)c1ccc(N)c(C)c1. The van der Waals surface area contributed by atoms with E-state index in [2.05, 4.69) is 24.1 Å². The molecule has 0 saturated heterocycles. The Labute approximate surface area is 122 Å². The number of benzene rings is 1. The third kappa shape index (κ3) is 5.21. The highest BCUT2D eigenvalue weighted by Crippen LogP contribution is 2.12. The van der Waals surface area contributed by atoms with Gasteiger partial charge in [-0.15, -0.1) is 0 Å². The summed E-state index contributed by atoms with van der Waals surface area (Å²) in [5.41, 5.74) is 8.09. The summed E-state index contributed by atoms with van der Waals surface area (Å²) in [5.74, 6) is -0.0176. The number of carbonyl (C=O) groups is 1. The van der Waals surface area contributed by atoms with Crippen LogP contribution in [0.25, 0.3) is 0 Å². The van der Waals surface area contributed by atoms with Gasteiger partial charge in [0.2, 0.25) is 0 Å². The molecule has 0 radical (unpaired) electrons. The Morgan fingerprint density at radius 2 is 1.95 bits per heavy atom. The van der Waals surface area contributed by atoms with Gasteiger partial charge in [0.05, 0.1) is 0 Å². The molecule has 0 aliphatic heterocycles. The van der Waals surface area contributed by atoms with Crippen LogP contribution in [0.1, 0.15) is 42.6 Å². The molecule has 0 aliphatic carbocycles. The Morgan fingerprint density at radius 1 is 1.25 bits per heavy atom. The molecule has 0 spiro atoms. The highest BCUT2D eigenvalue weighted by molar-refractivity contribution is 5.94. The third-order valence-electron chi connectivity index (χ3n) is 3.61. The first-order valence-corrected chi connectivity index (χ1v) is 7.45. The van der Waals surface area contributed by atoms with E-state index in [1.165, 1.54) is 0 Å². The van der Waals surface area contributed by atoms with Gasteiger partial charge in [-0.2, -0.15) is 0 Å². The summed E-state index contributed by atoms with van der Waals surface area (Å²) in [7, 11) is 0. The van der Waals surface area contributed by atoms with Gasteiger partial charge < -0.3 is 16.0 Å². The van der Waals surface area contributed by atoms with Crippen molar-refractivity contribution in [3.63, 3.8) is 0 Å². The zero-order valence-corrected chi connectivity index (χ0v) is 12.9. The van der Waals surface area contributed by atoms with E-state index in [4.69, 9.17) is 5.73 Å². The van der Waals surface area contributed by atoms with Gasteiger partial charge in [0.25, 0.3) is 5.91 Å². The second-order valence-corrected chi connectivity index (χ2v) is 5.06. The quantitative estimate of drug-likeness (QED) is 0.567. The Balaban J connectivity index is 2.28. The lowest BCUT2D eigenvalue weighted by Gasteiger charge is -2.17. The molecular weight excluding hydrogens is 250 g/mol. The maximum Gasteiger partial charge on any atom is 0.251 e. The van der Waals surface area contributed by atoms with Crippen LogP contribution >= 0.6 is 0 Å². The van der Waals surface area contributed by atoms with Crippen molar-refractivity contribution in [3.05, 3.63) is 29.3 Å². The molecule has 4 nitrogen and oxygen atoms in total. The zero-order valence-electron chi connectivity index (χ0n) is 12.9. The maximum atomic E-state index is 12.0. The fourth-order valence-electron chi connectivity index (χ4n) is 2.12. The van der Waals surface area contributed by atoms with E-state index in [-0.39, 0.29) is 5.91 Å². The Kier molecular flexibility index (Phi) is 7.09. The Hall–Kier alpha value is -1.55. The minimum Gasteiger partial charge on any atom is -0.399 e. The van der Waals surface area contributed by atoms with Crippen LogP contribution in [0.3, 0.4) is 0 Å². The van der Waals surface area contributed by atoms with Crippen molar-refractivity contribution in [1.82, 2.24) is 10.2 Å². The van der Waals surface area contributed by atoms with Gasteiger partial charge in [0.1, 0.15) is 0 Å². The summed E-state index contributed by atoms with van der Waals surface area (Å²) in [6, 6.07) is 5.39. The molecule has 4 heteroatoms. The fraction of sp³-hybridized carbons (Fsp3) is 0.562. The number of hydrogen-bond donors (Lipinski definition) is 2. The van der Waals surface area contributed by atoms with Gasteiger partial charge in [0, 0.05) is 17.8 Å². The summed E-state index contributed by atoms with van der Waals surface area (Å²) in [4.78, 5) is 14.3. The van der Waals surface area contributed by atoms with Gasteiger partial charge in [-0.3, -0.25) is 4.79 Å². The molecule has 0 atom stereocenters. The van der Waals surface area contributed by atoms with E-state index in [1.54, 1.807) is 12.1 Å². The van der Waals surface area contributed by atoms with Crippen LogP contribution in [0.4, 0.5) is 5.69 Å². The van der Waals surface area contributed by atoms with Crippen molar-refractivity contribution in [2.45, 2.75) is 33.6 Å². The largest absolute Gasteiger partial charge is 0.399 e. The van der Waals surface area contributed by atoms with Crippen molar-refractivity contribution < 1.29 is 4.79 Å². The molecule has 1 rings (SSSR count). The molecule has 0 fully saturated rings. The lowest BCUT2D eigenvalue weighted by molar-refractivity contribution is 0.0952. The molecule has 1 amide bonds. The normalized spacial score (nSPS) is 10.8. The van der Waals surface area contributed by atoms with Crippen molar-refractivity contribution in [1.29, 1.82) is 0 Å². The van der Waals surface area contributed by atoms with Crippen LogP contribution in [0.2, 0.25) is 0 Å². The van der Waals surface area contributed by atoms with Crippen LogP contribution in [-0.4, -0.2) is 37.0 Å². The monoisotopic (exact) mass is 277 g/mol. The van der Waals surface area contributed by atoms with Crippen LogP contribution in [0.5, 0.6) is 0 Å². The molecule has 20 heavy (non-hydrogen) atoms. The van der Waals surface area contributed by atoms with E-state index in [0.717, 1.165) is 50.3 Å². The first-order chi connectivity index (χ1) is 9.58. The van der Waals surface area contributed by atoms with Crippen LogP contribution in [0, 0.1) is 6.92 Å². The molecule has 112 valence electrons. The van der Waals surface area contributed by atoms with Crippen LogP contribution < -0.4 is 11.1 Å². The van der Waals surface area contributed by atoms with Crippen molar-refractivity contribution >= 4 is 11.6 Å². The number of anilines is 1. The van der Waals surface area contributed by atoms with Crippen molar-refractivity contribution in [2.75, 3.05) is 31.9 Å². The number of hydrogen-bond acceptors (Lipinski definition) is 3. The van der Waals surface area contributed by atoms with E-state index in [0.29, 0.717) is 5.56 Å². The average Bonchev–Trinajstić information content (AvgIpc) is 2.45. The Bertz CT molecular complexity index is 428. The number of nitrogens with zero attached hydrogens (tertiary/aromatic N) is 1. The van der Waals surface area contributed by atoms with E-state index < -0.39 is 0 Å². The highest BCUT2D eigenvalue weighted by atomic mass is 16.1. The highest BCUT2D eigenvalue weighted by Gasteiger charge is 2.06. The topological polar surface area (TPSA) is 58.4 Å². The predicted octanol–water partition coefficient (Wildman–Crippen LogP) is 2.43. The lowest BCUT2D eigenvalue weighted by Crippen LogP contribution is -2.27. The maximum absolute atomic E-state index is 12.0. The third-order valence-corrected chi connectivity index (χ3v) is 3.61. The molecule has 1 aromatic carbocycles. The smallest absolute Gasteiger partial charge is 0.251 e. The molecular formula is C16H27N3O. The van der Waals surface area contributed by atoms with Gasteiger partial charge in [0.15, 0.2) is 0 Å². The molecule has 0 saturated carbocycles. The van der Waals surface area contributed by atoms with Crippen molar-refractivity contribution in [2.24, 2.45) is 0 Å². The molecule has 1 aromatic rings. The minimum atomic E-state index is -0.0176. The summed E-state index contributed by atoms with van der Waals surface area (Å²) >= 11 is 0.